The lowest BCUT2D eigenvalue weighted by molar-refractivity contribution is -0.126. The number of carbonyl (C=O) groups excluding carboxylic acids is 1. The van der Waals surface area contributed by atoms with Crippen molar-refractivity contribution in [1.82, 2.24) is 9.80 Å². The second kappa shape index (κ2) is 7.16. The van der Waals surface area contributed by atoms with Gasteiger partial charge in [-0.2, -0.15) is 5.26 Å². The number of amides is 1. The predicted octanol–water partition coefficient (Wildman–Crippen LogP) is 2.41. The van der Waals surface area contributed by atoms with E-state index in [-0.39, 0.29) is 12.1 Å². The standard InChI is InChI=1S/C19H19N3O2/c1-21-18(23)14-22(19(21)15-7-3-2-4-8-15)11-12-24-17-10-6-5-9-16(17)13-20/h2-10,19H,11-12,14H2,1H3. The van der Waals surface area contributed by atoms with Gasteiger partial charge in [0, 0.05) is 13.6 Å². The number of nitrogens with zero attached hydrogens (tertiary/aromatic N) is 3. The molecule has 2 aromatic carbocycles. The molecule has 1 unspecified atom stereocenters. The van der Waals surface area contributed by atoms with Crippen LogP contribution < -0.4 is 4.74 Å². The third-order valence-electron chi connectivity index (χ3n) is 4.19. The first-order chi connectivity index (χ1) is 11.7. The number of rotatable bonds is 5. The molecule has 1 atom stereocenters. The van der Waals surface area contributed by atoms with Gasteiger partial charge in [0.15, 0.2) is 0 Å². The molecule has 0 saturated carbocycles. The van der Waals surface area contributed by atoms with E-state index in [0.717, 1.165) is 5.56 Å². The van der Waals surface area contributed by atoms with Gasteiger partial charge in [0.05, 0.1) is 12.1 Å². The van der Waals surface area contributed by atoms with Crippen LogP contribution in [0, 0.1) is 11.3 Å². The Hall–Kier alpha value is -2.84. The third kappa shape index (κ3) is 3.24. The SMILES string of the molecule is CN1C(=O)CN(CCOc2ccccc2C#N)C1c1ccccc1. The second-order valence-corrected chi connectivity index (χ2v) is 5.72. The van der Waals surface area contributed by atoms with E-state index in [1.807, 2.05) is 49.5 Å². The van der Waals surface area contributed by atoms with Crippen molar-refractivity contribution in [2.45, 2.75) is 6.17 Å². The summed E-state index contributed by atoms with van der Waals surface area (Å²) in [6, 6.07) is 19.3. The van der Waals surface area contributed by atoms with E-state index in [1.165, 1.54) is 0 Å². The number of benzene rings is 2. The maximum atomic E-state index is 12.1. The van der Waals surface area contributed by atoms with E-state index in [2.05, 4.69) is 11.0 Å². The van der Waals surface area contributed by atoms with Gasteiger partial charge in [-0.3, -0.25) is 9.69 Å². The van der Waals surface area contributed by atoms with E-state index in [0.29, 0.717) is 31.0 Å². The van der Waals surface area contributed by atoms with Crippen LogP contribution in [-0.4, -0.2) is 42.5 Å². The Balaban J connectivity index is 1.67. The lowest BCUT2D eigenvalue weighted by Crippen LogP contribution is -2.32. The molecule has 0 aromatic heterocycles. The monoisotopic (exact) mass is 321 g/mol. The Morgan fingerprint density at radius 1 is 1.17 bits per heavy atom. The zero-order chi connectivity index (χ0) is 16.9. The molecule has 5 nitrogen and oxygen atoms in total. The maximum absolute atomic E-state index is 12.1. The Labute approximate surface area is 141 Å². The van der Waals surface area contributed by atoms with E-state index in [4.69, 9.17) is 10.00 Å². The molecule has 0 radical (unpaired) electrons. The van der Waals surface area contributed by atoms with Gasteiger partial charge in [-0.15, -0.1) is 0 Å². The van der Waals surface area contributed by atoms with E-state index >= 15 is 0 Å². The van der Waals surface area contributed by atoms with Gasteiger partial charge in [-0.1, -0.05) is 42.5 Å². The first kappa shape index (κ1) is 16.0. The van der Waals surface area contributed by atoms with Crippen LogP contribution in [0.3, 0.4) is 0 Å². The summed E-state index contributed by atoms with van der Waals surface area (Å²) < 4.78 is 5.75. The van der Waals surface area contributed by atoms with Crippen molar-refractivity contribution in [2.75, 3.05) is 26.7 Å². The molecule has 1 aliphatic heterocycles. The number of nitriles is 1. The average Bonchev–Trinajstić information content (AvgIpc) is 2.90. The predicted molar refractivity (Wildman–Crippen MR) is 90.2 cm³/mol. The average molecular weight is 321 g/mol. The molecular weight excluding hydrogens is 302 g/mol. The van der Waals surface area contributed by atoms with Crippen molar-refractivity contribution in [3.8, 4) is 11.8 Å². The molecule has 1 heterocycles. The molecule has 1 aliphatic rings. The Morgan fingerprint density at radius 3 is 2.62 bits per heavy atom. The minimum atomic E-state index is -0.0755. The van der Waals surface area contributed by atoms with Crippen LogP contribution in [-0.2, 0) is 4.79 Å². The normalized spacial score (nSPS) is 17.8. The molecule has 24 heavy (non-hydrogen) atoms. The quantitative estimate of drug-likeness (QED) is 0.848. The van der Waals surface area contributed by atoms with Crippen molar-refractivity contribution in [1.29, 1.82) is 5.26 Å². The minimum Gasteiger partial charge on any atom is -0.491 e. The van der Waals surface area contributed by atoms with Crippen LogP contribution in [0.25, 0.3) is 0 Å². The summed E-state index contributed by atoms with van der Waals surface area (Å²) in [7, 11) is 1.83. The van der Waals surface area contributed by atoms with E-state index in [1.54, 1.807) is 17.0 Å². The summed E-state index contributed by atoms with van der Waals surface area (Å²) in [4.78, 5) is 16.0. The van der Waals surface area contributed by atoms with Crippen molar-refractivity contribution < 1.29 is 9.53 Å². The molecule has 0 aliphatic carbocycles. The number of likely N-dealkylation sites (N-methyl/N-ethyl adjacent to an activating group) is 1. The lowest BCUT2D eigenvalue weighted by atomic mass is 10.1. The third-order valence-corrected chi connectivity index (χ3v) is 4.19. The summed E-state index contributed by atoms with van der Waals surface area (Å²) in [5.74, 6) is 0.677. The molecule has 1 amide bonds. The van der Waals surface area contributed by atoms with Gasteiger partial charge in [-0.25, -0.2) is 0 Å². The van der Waals surface area contributed by atoms with Gasteiger partial charge in [0.1, 0.15) is 24.6 Å². The molecule has 5 heteroatoms. The number of hydrogen-bond acceptors (Lipinski definition) is 4. The van der Waals surface area contributed by atoms with Crippen LogP contribution in [0.15, 0.2) is 54.6 Å². The van der Waals surface area contributed by atoms with Gasteiger partial charge in [-0.05, 0) is 17.7 Å². The molecule has 0 N–H and O–H groups in total. The number of carbonyl (C=O) groups is 1. The fraction of sp³-hybridized carbons (Fsp3) is 0.263. The zero-order valence-electron chi connectivity index (χ0n) is 13.6. The molecule has 0 bridgehead atoms. The minimum absolute atomic E-state index is 0.0755. The zero-order valence-corrected chi connectivity index (χ0v) is 13.6. The van der Waals surface area contributed by atoms with Gasteiger partial charge in [0.25, 0.3) is 0 Å². The fourth-order valence-electron chi connectivity index (χ4n) is 2.97. The highest BCUT2D eigenvalue weighted by molar-refractivity contribution is 5.80. The smallest absolute Gasteiger partial charge is 0.238 e. The van der Waals surface area contributed by atoms with Crippen molar-refractivity contribution in [3.63, 3.8) is 0 Å². The number of ether oxygens (including phenoxy) is 1. The van der Waals surface area contributed by atoms with Gasteiger partial charge >= 0.3 is 0 Å². The Bertz CT molecular complexity index is 755. The second-order valence-electron chi connectivity index (χ2n) is 5.72. The summed E-state index contributed by atoms with van der Waals surface area (Å²) in [6.07, 6.45) is -0.0755. The van der Waals surface area contributed by atoms with Crippen molar-refractivity contribution >= 4 is 5.91 Å². The fourth-order valence-corrected chi connectivity index (χ4v) is 2.97. The molecule has 3 rings (SSSR count). The first-order valence-electron chi connectivity index (χ1n) is 7.87. The topological polar surface area (TPSA) is 56.6 Å². The van der Waals surface area contributed by atoms with Crippen LogP contribution >= 0.6 is 0 Å². The van der Waals surface area contributed by atoms with Crippen molar-refractivity contribution in [3.05, 3.63) is 65.7 Å². The summed E-state index contributed by atoms with van der Waals surface area (Å²) >= 11 is 0. The van der Waals surface area contributed by atoms with Crippen LogP contribution in [0.4, 0.5) is 0 Å². The highest BCUT2D eigenvalue weighted by atomic mass is 16.5. The highest BCUT2D eigenvalue weighted by Gasteiger charge is 2.35. The lowest BCUT2D eigenvalue weighted by Gasteiger charge is -2.27. The summed E-state index contributed by atoms with van der Waals surface area (Å²) in [5.41, 5.74) is 1.61. The van der Waals surface area contributed by atoms with Crippen LogP contribution in [0.1, 0.15) is 17.3 Å². The highest BCUT2D eigenvalue weighted by Crippen LogP contribution is 2.29. The van der Waals surface area contributed by atoms with Crippen LogP contribution in [0.2, 0.25) is 0 Å². The Morgan fingerprint density at radius 2 is 1.88 bits per heavy atom. The first-order valence-corrected chi connectivity index (χ1v) is 7.87. The molecule has 1 fully saturated rings. The molecule has 1 saturated heterocycles. The van der Waals surface area contributed by atoms with Gasteiger partial charge < -0.3 is 9.64 Å². The molecular formula is C19H19N3O2. The molecule has 0 spiro atoms. The Kier molecular flexibility index (Phi) is 4.78. The summed E-state index contributed by atoms with van der Waals surface area (Å²) in [5, 5.41) is 9.10. The van der Waals surface area contributed by atoms with Gasteiger partial charge in [0.2, 0.25) is 5.91 Å². The molecule has 2 aromatic rings. The number of hydrogen-bond donors (Lipinski definition) is 0. The number of para-hydroxylation sites is 1. The largest absolute Gasteiger partial charge is 0.491 e. The van der Waals surface area contributed by atoms with E-state index in [9.17, 15) is 4.79 Å². The molecule has 122 valence electrons. The van der Waals surface area contributed by atoms with Crippen molar-refractivity contribution in [2.24, 2.45) is 0 Å². The van der Waals surface area contributed by atoms with E-state index < -0.39 is 0 Å². The maximum Gasteiger partial charge on any atom is 0.238 e. The van der Waals surface area contributed by atoms with Crippen LogP contribution in [0.5, 0.6) is 5.75 Å². The summed E-state index contributed by atoms with van der Waals surface area (Å²) in [6.45, 7) is 1.40.